The van der Waals surface area contributed by atoms with Crippen LogP contribution in [0, 0.1) is 10.1 Å². The van der Waals surface area contributed by atoms with Gasteiger partial charge in [0.15, 0.2) is 4.80 Å². The summed E-state index contributed by atoms with van der Waals surface area (Å²) in [5, 5.41) is 11.5. The lowest BCUT2D eigenvalue weighted by molar-refractivity contribution is -0.384. The standard InChI is InChI=1S/C31H29N3O7S/c1-18(2)20-9-11-21(12-10-20)28-27(30(36)40-16-15-39-4)19(3)32-31-33(28)29(35)26(42-31)17-22-13-14-25(41-22)23-7-5-6-8-24(23)34(37)38/h5-14,17-18,28H,15-16H2,1-4H3. The third-order valence-electron chi connectivity index (χ3n) is 6.95. The first-order chi connectivity index (χ1) is 20.2. The maximum atomic E-state index is 13.9. The largest absolute Gasteiger partial charge is 0.460 e. The Balaban J connectivity index is 1.60. The Hall–Kier alpha value is -4.61. The number of carbonyl (C=O) groups excluding carboxylic acids is 1. The molecule has 11 heteroatoms. The smallest absolute Gasteiger partial charge is 0.338 e. The van der Waals surface area contributed by atoms with Crippen LogP contribution in [0.25, 0.3) is 17.4 Å². The monoisotopic (exact) mass is 587 g/mol. The molecule has 42 heavy (non-hydrogen) atoms. The minimum Gasteiger partial charge on any atom is -0.460 e. The number of fused-ring (bicyclic) bond motifs is 1. The molecule has 2 aromatic heterocycles. The molecule has 5 rings (SSSR count). The number of nitro benzene ring substituents is 1. The van der Waals surface area contributed by atoms with Gasteiger partial charge in [-0.1, -0.05) is 61.6 Å². The van der Waals surface area contributed by atoms with Crippen molar-refractivity contribution >= 4 is 29.1 Å². The number of aromatic nitrogens is 1. The molecule has 4 aromatic rings. The fourth-order valence-electron chi connectivity index (χ4n) is 4.80. The average Bonchev–Trinajstić information content (AvgIpc) is 3.56. The van der Waals surface area contributed by atoms with Crippen LogP contribution < -0.4 is 14.9 Å². The zero-order valence-electron chi connectivity index (χ0n) is 23.5. The van der Waals surface area contributed by atoms with E-state index in [1.807, 2.05) is 24.3 Å². The fraction of sp³-hybridized carbons (Fsp3) is 0.258. The van der Waals surface area contributed by atoms with Crippen LogP contribution in [0.5, 0.6) is 0 Å². The zero-order chi connectivity index (χ0) is 30.0. The molecule has 1 atom stereocenters. The van der Waals surface area contributed by atoms with Gasteiger partial charge >= 0.3 is 5.97 Å². The third-order valence-corrected chi connectivity index (χ3v) is 7.93. The molecule has 0 fully saturated rings. The highest BCUT2D eigenvalue weighted by Gasteiger charge is 2.33. The van der Waals surface area contributed by atoms with E-state index in [2.05, 4.69) is 18.8 Å². The molecule has 216 valence electrons. The highest BCUT2D eigenvalue weighted by Crippen LogP contribution is 2.32. The number of benzene rings is 2. The number of rotatable bonds is 9. The van der Waals surface area contributed by atoms with Gasteiger partial charge in [-0.15, -0.1) is 0 Å². The number of para-hydroxylation sites is 1. The van der Waals surface area contributed by atoms with Gasteiger partial charge < -0.3 is 13.9 Å². The molecule has 0 amide bonds. The molecule has 0 saturated carbocycles. The number of ether oxygens (including phenoxy) is 2. The molecule has 3 heterocycles. The Kier molecular flexibility index (Phi) is 8.32. The molecule has 0 bridgehead atoms. The van der Waals surface area contributed by atoms with Crippen molar-refractivity contribution in [3.63, 3.8) is 0 Å². The van der Waals surface area contributed by atoms with E-state index in [9.17, 15) is 19.7 Å². The number of methoxy groups -OCH3 is 1. The molecular weight excluding hydrogens is 558 g/mol. The third kappa shape index (κ3) is 5.61. The predicted molar refractivity (Wildman–Crippen MR) is 158 cm³/mol. The summed E-state index contributed by atoms with van der Waals surface area (Å²) >= 11 is 1.17. The summed E-state index contributed by atoms with van der Waals surface area (Å²) in [6.45, 7) is 6.22. The Labute approximate surface area is 245 Å². The average molecular weight is 588 g/mol. The number of allylic oxidation sites excluding steroid dienone is 1. The van der Waals surface area contributed by atoms with E-state index in [0.717, 1.165) is 11.1 Å². The van der Waals surface area contributed by atoms with E-state index >= 15 is 0 Å². The van der Waals surface area contributed by atoms with E-state index in [1.54, 1.807) is 43.3 Å². The van der Waals surface area contributed by atoms with Gasteiger partial charge in [0, 0.05) is 19.3 Å². The number of thiazole rings is 1. The SMILES string of the molecule is COCCOC(=O)C1=C(C)N=c2sc(=Cc3ccc(-c4ccccc4[N+](=O)[O-])o3)c(=O)n2C1c1ccc(C(C)C)cc1. The Morgan fingerprint density at radius 3 is 2.57 bits per heavy atom. The van der Waals surface area contributed by atoms with Crippen LogP contribution in [-0.4, -0.2) is 35.8 Å². The first-order valence-corrected chi connectivity index (χ1v) is 14.1. The molecular formula is C31H29N3O7S. The maximum Gasteiger partial charge on any atom is 0.338 e. The summed E-state index contributed by atoms with van der Waals surface area (Å²) in [5.41, 5.74) is 2.51. The van der Waals surface area contributed by atoms with Crippen molar-refractivity contribution in [2.24, 2.45) is 4.99 Å². The number of nitrogens with zero attached hydrogens (tertiary/aromatic N) is 3. The zero-order valence-corrected chi connectivity index (χ0v) is 24.3. The lowest BCUT2D eigenvalue weighted by atomic mass is 9.93. The maximum absolute atomic E-state index is 13.9. The quantitative estimate of drug-likeness (QED) is 0.120. The highest BCUT2D eigenvalue weighted by atomic mass is 32.1. The lowest BCUT2D eigenvalue weighted by Crippen LogP contribution is -2.40. The van der Waals surface area contributed by atoms with Crippen molar-refractivity contribution in [2.45, 2.75) is 32.7 Å². The molecule has 1 aliphatic rings. The van der Waals surface area contributed by atoms with Crippen LogP contribution in [0.3, 0.4) is 0 Å². The summed E-state index contributed by atoms with van der Waals surface area (Å²) in [7, 11) is 1.52. The Bertz CT molecular complexity index is 1860. The van der Waals surface area contributed by atoms with Gasteiger partial charge in [0.1, 0.15) is 18.1 Å². The van der Waals surface area contributed by atoms with Gasteiger partial charge in [-0.2, -0.15) is 0 Å². The normalized spacial score (nSPS) is 15.1. The number of carbonyl (C=O) groups is 1. The van der Waals surface area contributed by atoms with Gasteiger partial charge in [-0.05, 0) is 42.2 Å². The van der Waals surface area contributed by atoms with Gasteiger partial charge in [0.05, 0.1) is 38.9 Å². The Morgan fingerprint density at radius 2 is 1.88 bits per heavy atom. The van der Waals surface area contributed by atoms with Crippen LogP contribution in [0.2, 0.25) is 0 Å². The first kappa shape index (κ1) is 28.9. The second-order valence-electron chi connectivity index (χ2n) is 10.0. The predicted octanol–water partition coefficient (Wildman–Crippen LogP) is 4.72. The molecule has 1 aliphatic heterocycles. The number of hydrogen-bond donors (Lipinski definition) is 0. The van der Waals surface area contributed by atoms with E-state index in [1.165, 1.54) is 29.1 Å². The Morgan fingerprint density at radius 1 is 1.14 bits per heavy atom. The molecule has 0 radical (unpaired) electrons. The minimum absolute atomic E-state index is 0.0654. The van der Waals surface area contributed by atoms with Gasteiger partial charge in [-0.3, -0.25) is 19.5 Å². The second-order valence-corrected chi connectivity index (χ2v) is 11.0. The van der Waals surface area contributed by atoms with Gasteiger partial charge in [-0.25, -0.2) is 9.79 Å². The molecule has 0 aliphatic carbocycles. The summed E-state index contributed by atoms with van der Waals surface area (Å²) < 4.78 is 18.2. The van der Waals surface area contributed by atoms with Crippen molar-refractivity contribution in [3.05, 3.63) is 119 Å². The number of hydrogen-bond acceptors (Lipinski definition) is 9. The van der Waals surface area contributed by atoms with Crippen LogP contribution in [0.15, 0.2) is 86.1 Å². The summed E-state index contributed by atoms with van der Waals surface area (Å²) in [5.74, 6) is 0.399. The first-order valence-electron chi connectivity index (χ1n) is 13.3. The number of nitro groups is 1. The summed E-state index contributed by atoms with van der Waals surface area (Å²) in [4.78, 5) is 43.2. The van der Waals surface area contributed by atoms with Crippen molar-refractivity contribution < 1.29 is 23.6 Å². The summed E-state index contributed by atoms with van der Waals surface area (Å²) in [6.07, 6.45) is 1.58. The minimum atomic E-state index is -0.751. The van der Waals surface area contributed by atoms with Crippen LogP contribution in [-0.2, 0) is 14.3 Å². The molecule has 0 saturated heterocycles. The van der Waals surface area contributed by atoms with E-state index in [0.29, 0.717) is 38.0 Å². The van der Waals surface area contributed by atoms with Crippen LogP contribution in [0.4, 0.5) is 5.69 Å². The van der Waals surface area contributed by atoms with Gasteiger partial charge in [0.2, 0.25) is 0 Å². The van der Waals surface area contributed by atoms with E-state index < -0.39 is 16.9 Å². The van der Waals surface area contributed by atoms with Crippen molar-refractivity contribution in [1.29, 1.82) is 0 Å². The molecule has 2 aromatic carbocycles. The number of esters is 1. The highest BCUT2D eigenvalue weighted by molar-refractivity contribution is 7.07. The second kappa shape index (κ2) is 12.1. The fourth-order valence-corrected chi connectivity index (χ4v) is 5.83. The lowest BCUT2D eigenvalue weighted by Gasteiger charge is -2.25. The molecule has 0 spiro atoms. The number of furan rings is 1. The topological polar surface area (TPSA) is 126 Å². The van der Waals surface area contributed by atoms with Crippen LogP contribution in [0.1, 0.15) is 49.6 Å². The van der Waals surface area contributed by atoms with Crippen molar-refractivity contribution in [1.82, 2.24) is 4.57 Å². The molecule has 0 N–H and O–H groups in total. The summed E-state index contributed by atoms with van der Waals surface area (Å²) in [6, 6.07) is 16.6. The van der Waals surface area contributed by atoms with Gasteiger partial charge in [0.25, 0.3) is 11.2 Å². The van der Waals surface area contributed by atoms with Crippen molar-refractivity contribution in [2.75, 3.05) is 20.3 Å². The molecule has 1 unspecified atom stereocenters. The van der Waals surface area contributed by atoms with E-state index in [-0.39, 0.29) is 30.0 Å². The van der Waals surface area contributed by atoms with Crippen LogP contribution >= 0.6 is 11.3 Å². The van der Waals surface area contributed by atoms with Crippen molar-refractivity contribution in [3.8, 4) is 11.3 Å². The molecule has 10 nitrogen and oxygen atoms in total. The van der Waals surface area contributed by atoms with E-state index in [4.69, 9.17) is 13.9 Å².